The number of aliphatic hydroxyl groups is 2. The molecule has 2 N–H and O–H groups in total. The molecule has 0 aliphatic rings. The average molecular weight is 140 g/mol. The van der Waals surface area contributed by atoms with Gasteiger partial charge in [0.05, 0.1) is 6.10 Å². The monoisotopic (exact) mass is 140 g/mol. The van der Waals surface area contributed by atoms with E-state index in [9.17, 15) is 0 Å². The van der Waals surface area contributed by atoms with E-state index in [2.05, 4.69) is 25.3 Å². The van der Waals surface area contributed by atoms with Gasteiger partial charge in [-0.1, -0.05) is 0 Å². The molecule has 44 valence electrons. The van der Waals surface area contributed by atoms with Gasteiger partial charge in [0.2, 0.25) is 0 Å². The summed E-state index contributed by atoms with van der Waals surface area (Å²) in [5.74, 6) is 0. The van der Waals surface area contributed by atoms with Crippen LogP contribution in [0.3, 0.4) is 0 Å². The summed E-state index contributed by atoms with van der Waals surface area (Å²) < 4.78 is -1.56. The van der Waals surface area contributed by atoms with Crippen molar-refractivity contribution in [3.8, 4) is 0 Å². The predicted molar refractivity (Wildman–Crippen MR) is 34.6 cm³/mol. The summed E-state index contributed by atoms with van der Waals surface area (Å²) >= 11 is 7.04. The lowest BCUT2D eigenvalue weighted by atomic mass is 10.4. The second-order valence-electron chi connectivity index (χ2n) is 1.36. The Morgan fingerprint density at radius 1 is 1.57 bits per heavy atom. The Balaban J connectivity index is 3.54. The lowest BCUT2D eigenvalue weighted by Gasteiger charge is -2.17. The largest absolute Gasteiger partial charge is 0.389 e. The van der Waals surface area contributed by atoms with Crippen LogP contribution in [-0.4, -0.2) is 20.6 Å². The molecule has 2 nitrogen and oxygen atoms in total. The van der Waals surface area contributed by atoms with Gasteiger partial charge >= 0.3 is 0 Å². The van der Waals surface area contributed by atoms with Crippen molar-refractivity contribution in [2.24, 2.45) is 0 Å². The second kappa shape index (κ2) is 2.26. The van der Waals surface area contributed by atoms with Crippen LogP contribution in [0.15, 0.2) is 0 Å². The predicted octanol–water partition coefficient (Wildman–Crippen LogP) is -0.127. The second-order valence-corrected chi connectivity index (χ2v) is 3.08. The van der Waals surface area contributed by atoms with Gasteiger partial charge in [-0.3, -0.25) is 0 Å². The van der Waals surface area contributed by atoms with Crippen LogP contribution in [-0.2, 0) is 0 Å². The minimum Gasteiger partial charge on any atom is -0.389 e. The van der Waals surface area contributed by atoms with E-state index in [1.165, 1.54) is 6.92 Å². The molecule has 1 atom stereocenters. The fraction of sp³-hybridized carbons (Fsp3) is 1.00. The molecule has 7 heavy (non-hydrogen) atoms. The Kier molecular flexibility index (Phi) is 2.46. The summed E-state index contributed by atoms with van der Waals surface area (Å²) in [4.78, 5) is 0. The normalized spacial score (nSPS) is 16.7. The van der Waals surface area contributed by atoms with E-state index in [1.54, 1.807) is 0 Å². The molecule has 4 heteroatoms. The molecule has 0 aromatic heterocycles. The van der Waals surface area contributed by atoms with E-state index in [0.717, 1.165) is 0 Å². The molecule has 0 saturated carbocycles. The molecule has 0 spiro atoms. The van der Waals surface area contributed by atoms with Gasteiger partial charge in [-0.05, 0) is 6.92 Å². The number of hydrogen-bond donors (Lipinski definition) is 4. The molecular formula is C3H8O2S2. The van der Waals surface area contributed by atoms with Crippen molar-refractivity contribution in [2.45, 2.75) is 17.3 Å². The lowest BCUT2D eigenvalue weighted by Crippen LogP contribution is -2.27. The quantitative estimate of drug-likeness (QED) is 0.303. The Labute approximate surface area is 53.4 Å². The van der Waals surface area contributed by atoms with Crippen molar-refractivity contribution < 1.29 is 10.2 Å². The smallest absolute Gasteiger partial charge is 0.177 e. The highest BCUT2D eigenvalue weighted by Crippen LogP contribution is 2.18. The third-order valence-electron chi connectivity index (χ3n) is 0.561. The first-order valence-electron chi connectivity index (χ1n) is 1.80. The molecule has 0 bridgehead atoms. The zero-order chi connectivity index (χ0) is 6.08. The summed E-state index contributed by atoms with van der Waals surface area (Å²) in [6.45, 7) is 1.40. The number of hydrogen-bond acceptors (Lipinski definition) is 4. The molecule has 0 aliphatic heterocycles. The van der Waals surface area contributed by atoms with Gasteiger partial charge in [0.15, 0.2) is 4.27 Å². The van der Waals surface area contributed by atoms with Gasteiger partial charge in [-0.2, -0.15) is 0 Å². The zero-order valence-electron chi connectivity index (χ0n) is 3.87. The third-order valence-corrected chi connectivity index (χ3v) is 1.31. The topological polar surface area (TPSA) is 40.5 Å². The summed E-state index contributed by atoms with van der Waals surface area (Å²) in [5.41, 5.74) is 0. The van der Waals surface area contributed by atoms with E-state index in [1.807, 2.05) is 0 Å². The molecule has 0 amide bonds. The first kappa shape index (κ1) is 7.62. The van der Waals surface area contributed by atoms with Crippen molar-refractivity contribution in [2.75, 3.05) is 0 Å². The summed E-state index contributed by atoms with van der Waals surface area (Å²) in [7, 11) is 0. The molecule has 1 unspecified atom stereocenters. The highest BCUT2D eigenvalue weighted by Gasteiger charge is 2.21. The standard InChI is InChI=1S/C3H8O2S2/c1-2(4)3(5,6)7/h2,4-7H,1H3. The van der Waals surface area contributed by atoms with E-state index >= 15 is 0 Å². The summed E-state index contributed by atoms with van der Waals surface area (Å²) in [5, 5.41) is 17.1. The molecule has 0 rings (SSSR count). The SMILES string of the molecule is CC(O)C(O)(S)S. The molecular weight excluding hydrogens is 132 g/mol. The Hall–Kier alpha value is 0.620. The van der Waals surface area contributed by atoms with Crippen LogP contribution in [0.4, 0.5) is 0 Å². The van der Waals surface area contributed by atoms with Gasteiger partial charge in [-0.15, -0.1) is 25.3 Å². The van der Waals surface area contributed by atoms with Crippen molar-refractivity contribution in [3.05, 3.63) is 0 Å². The molecule has 0 radical (unpaired) electrons. The minimum absolute atomic E-state index is 0.917. The van der Waals surface area contributed by atoms with Gasteiger partial charge in [0, 0.05) is 0 Å². The number of thiol groups is 2. The highest BCUT2D eigenvalue weighted by molar-refractivity contribution is 8.00. The van der Waals surface area contributed by atoms with Crippen LogP contribution < -0.4 is 0 Å². The Morgan fingerprint density at radius 3 is 1.71 bits per heavy atom. The van der Waals surface area contributed by atoms with Crippen LogP contribution in [0.1, 0.15) is 6.92 Å². The van der Waals surface area contributed by atoms with Crippen molar-refractivity contribution >= 4 is 25.3 Å². The first-order valence-corrected chi connectivity index (χ1v) is 2.69. The van der Waals surface area contributed by atoms with Crippen molar-refractivity contribution in [1.29, 1.82) is 0 Å². The Bertz CT molecular complexity index is 56.4. The molecule has 0 aromatic rings. The number of rotatable bonds is 1. The average Bonchev–Trinajstić information content (AvgIpc) is 1.31. The van der Waals surface area contributed by atoms with Crippen LogP contribution in [0.25, 0.3) is 0 Å². The van der Waals surface area contributed by atoms with Crippen molar-refractivity contribution in [3.63, 3.8) is 0 Å². The number of aliphatic hydroxyl groups excluding tert-OH is 1. The van der Waals surface area contributed by atoms with Gasteiger partial charge in [-0.25, -0.2) is 0 Å². The van der Waals surface area contributed by atoms with Crippen LogP contribution >= 0.6 is 25.3 Å². The van der Waals surface area contributed by atoms with Crippen LogP contribution in [0.5, 0.6) is 0 Å². The molecule has 0 fully saturated rings. The molecule has 0 aliphatic carbocycles. The van der Waals surface area contributed by atoms with Gasteiger partial charge in [0.25, 0.3) is 0 Å². The summed E-state index contributed by atoms with van der Waals surface area (Å²) in [6, 6.07) is 0. The van der Waals surface area contributed by atoms with E-state index in [-0.39, 0.29) is 0 Å². The Morgan fingerprint density at radius 2 is 1.71 bits per heavy atom. The highest BCUT2D eigenvalue weighted by atomic mass is 32.2. The lowest BCUT2D eigenvalue weighted by molar-refractivity contribution is 0.0682. The molecule has 0 aromatic carbocycles. The molecule has 0 heterocycles. The first-order chi connectivity index (χ1) is 2.94. The van der Waals surface area contributed by atoms with E-state index in [0.29, 0.717) is 0 Å². The van der Waals surface area contributed by atoms with Crippen LogP contribution in [0.2, 0.25) is 0 Å². The van der Waals surface area contributed by atoms with Gasteiger partial charge < -0.3 is 10.2 Å². The fourth-order valence-corrected chi connectivity index (χ4v) is 0. The molecule has 0 saturated heterocycles. The maximum atomic E-state index is 8.57. The maximum absolute atomic E-state index is 8.57. The van der Waals surface area contributed by atoms with E-state index in [4.69, 9.17) is 10.2 Å². The van der Waals surface area contributed by atoms with Gasteiger partial charge in [0.1, 0.15) is 0 Å². The fourth-order valence-electron chi connectivity index (χ4n) is 0. The van der Waals surface area contributed by atoms with Crippen molar-refractivity contribution in [1.82, 2.24) is 0 Å². The van der Waals surface area contributed by atoms with Crippen LogP contribution in [0, 0.1) is 0 Å². The summed E-state index contributed by atoms with van der Waals surface area (Å²) in [6.07, 6.45) is -0.917. The maximum Gasteiger partial charge on any atom is 0.177 e. The van der Waals surface area contributed by atoms with E-state index < -0.39 is 10.4 Å². The zero-order valence-corrected chi connectivity index (χ0v) is 5.66. The minimum atomic E-state index is -1.56. The third kappa shape index (κ3) is 3.22.